The third-order valence-electron chi connectivity index (χ3n) is 5.69. The highest BCUT2D eigenvalue weighted by Crippen LogP contribution is 2.37. The molecule has 1 saturated carbocycles. The first-order valence-corrected chi connectivity index (χ1v) is 11.6. The highest BCUT2D eigenvalue weighted by atomic mass is 32.2. The average Bonchev–Trinajstić information content (AvgIpc) is 2.76. The fourth-order valence-corrected chi connectivity index (χ4v) is 6.37. The Kier molecular flexibility index (Phi) is 6.78. The Morgan fingerprint density at radius 3 is 2.29 bits per heavy atom. The second kappa shape index (κ2) is 8.39. The predicted octanol–water partition coefficient (Wildman–Crippen LogP) is 1.23. The topological polar surface area (TPSA) is 116 Å². The molecule has 8 nitrogen and oxygen atoms in total. The third-order valence-corrected chi connectivity index (χ3v) is 7.40. The Hall–Kier alpha value is -1.64. The quantitative estimate of drug-likeness (QED) is 0.669. The van der Waals surface area contributed by atoms with Crippen LogP contribution in [0.25, 0.3) is 0 Å². The molecule has 0 radical (unpaired) electrons. The maximum Gasteiger partial charge on any atom is 0.337 e. The molecule has 2 aliphatic rings. The minimum absolute atomic E-state index is 0.153. The molecule has 1 saturated heterocycles. The minimum atomic E-state index is -3.71. The zero-order chi connectivity index (χ0) is 21.3. The van der Waals surface area contributed by atoms with Gasteiger partial charge in [-0.2, -0.15) is 0 Å². The summed E-state index contributed by atoms with van der Waals surface area (Å²) in [6, 6.07) is 0. The Bertz CT molecular complexity index is 733. The van der Waals surface area contributed by atoms with Gasteiger partial charge in [-0.05, 0) is 30.6 Å². The van der Waals surface area contributed by atoms with Crippen molar-refractivity contribution in [2.24, 2.45) is 17.8 Å². The SMILES string of the molecule is CC(=O)NC1(C(=O)O[C@@H]2C[C@H](C)CC[C@H]2C(C)C)CS(=O)(=O)CC1OC(C)=O. The van der Waals surface area contributed by atoms with Crippen LogP contribution < -0.4 is 5.32 Å². The van der Waals surface area contributed by atoms with E-state index < -0.39 is 50.8 Å². The lowest BCUT2D eigenvalue weighted by Gasteiger charge is -2.39. The van der Waals surface area contributed by atoms with Crippen LogP contribution in [-0.2, 0) is 33.7 Å². The molecule has 9 heteroatoms. The van der Waals surface area contributed by atoms with Gasteiger partial charge in [-0.15, -0.1) is 0 Å². The van der Waals surface area contributed by atoms with Crippen LogP contribution in [0.1, 0.15) is 53.9 Å². The van der Waals surface area contributed by atoms with Gasteiger partial charge in [0.05, 0.1) is 11.5 Å². The molecule has 28 heavy (non-hydrogen) atoms. The molecule has 0 aromatic rings. The smallest absolute Gasteiger partial charge is 0.337 e. The fourth-order valence-electron chi connectivity index (χ4n) is 4.37. The van der Waals surface area contributed by atoms with Crippen LogP contribution in [-0.4, -0.2) is 55.5 Å². The molecule has 1 aliphatic heterocycles. The van der Waals surface area contributed by atoms with Gasteiger partial charge >= 0.3 is 11.9 Å². The summed E-state index contributed by atoms with van der Waals surface area (Å²) >= 11 is 0. The molecule has 2 rings (SSSR count). The minimum Gasteiger partial charge on any atom is -0.460 e. The molecule has 0 aromatic carbocycles. The van der Waals surface area contributed by atoms with Crippen molar-refractivity contribution in [1.82, 2.24) is 5.32 Å². The van der Waals surface area contributed by atoms with Gasteiger partial charge in [0.25, 0.3) is 0 Å². The second-order valence-corrected chi connectivity index (χ2v) is 10.7. The van der Waals surface area contributed by atoms with Crippen LogP contribution in [0.3, 0.4) is 0 Å². The van der Waals surface area contributed by atoms with E-state index in [1.54, 1.807) is 0 Å². The van der Waals surface area contributed by atoms with Crippen molar-refractivity contribution < 1.29 is 32.3 Å². The van der Waals surface area contributed by atoms with Crippen LogP contribution in [0.4, 0.5) is 0 Å². The normalized spacial score (nSPS) is 34.6. The summed E-state index contributed by atoms with van der Waals surface area (Å²) < 4.78 is 35.5. The summed E-state index contributed by atoms with van der Waals surface area (Å²) in [4.78, 5) is 36.5. The molecule has 1 amide bonds. The first-order chi connectivity index (χ1) is 12.9. The fraction of sp³-hybridized carbons (Fsp3) is 0.842. The second-order valence-electron chi connectivity index (χ2n) is 8.58. The van der Waals surface area contributed by atoms with E-state index >= 15 is 0 Å². The number of carbonyl (C=O) groups is 3. The molecular formula is C19H31NO7S. The number of hydrogen-bond donors (Lipinski definition) is 1. The van der Waals surface area contributed by atoms with Crippen LogP contribution >= 0.6 is 0 Å². The number of nitrogens with one attached hydrogen (secondary N) is 1. The van der Waals surface area contributed by atoms with Crippen molar-refractivity contribution >= 4 is 27.7 Å². The summed E-state index contributed by atoms with van der Waals surface area (Å²) in [7, 11) is -3.71. The van der Waals surface area contributed by atoms with Gasteiger partial charge in [0.1, 0.15) is 6.10 Å². The van der Waals surface area contributed by atoms with Crippen molar-refractivity contribution in [3.05, 3.63) is 0 Å². The number of amides is 1. The molecule has 1 N–H and O–H groups in total. The van der Waals surface area contributed by atoms with Crippen molar-refractivity contribution in [1.29, 1.82) is 0 Å². The van der Waals surface area contributed by atoms with Crippen molar-refractivity contribution in [3.8, 4) is 0 Å². The van der Waals surface area contributed by atoms with Crippen molar-refractivity contribution in [2.75, 3.05) is 11.5 Å². The lowest BCUT2D eigenvalue weighted by Crippen LogP contribution is -2.64. The highest BCUT2D eigenvalue weighted by molar-refractivity contribution is 7.91. The number of hydrogen-bond acceptors (Lipinski definition) is 7. The van der Waals surface area contributed by atoms with E-state index in [1.165, 1.54) is 6.92 Å². The maximum absolute atomic E-state index is 13.2. The zero-order valence-electron chi connectivity index (χ0n) is 17.2. The first kappa shape index (κ1) is 22.6. The largest absolute Gasteiger partial charge is 0.460 e. The first-order valence-electron chi connectivity index (χ1n) is 9.73. The summed E-state index contributed by atoms with van der Waals surface area (Å²) in [6.07, 6.45) is 0.942. The predicted molar refractivity (Wildman–Crippen MR) is 102 cm³/mol. The van der Waals surface area contributed by atoms with Crippen LogP contribution in [0.2, 0.25) is 0 Å². The number of sulfone groups is 1. The van der Waals surface area contributed by atoms with Crippen LogP contribution in [0.5, 0.6) is 0 Å². The van der Waals surface area contributed by atoms with E-state index in [4.69, 9.17) is 9.47 Å². The number of ether oxygens (including phenoxy) is 2. The van der Waals surface area contributed by atoms with Crippen molar-refractivity contribution in [2.45, 2.75) is 71.6 Å². The molecule has 0 spiro atoms. The Morgan fingerprint density at radius 1 is 1.11 bits per heavy atom. The van der Waals surface area contributed by atoms with Crippen LogP contribution in [0, 0.1) is 17.8 Å². The molecule has 0 aromatic heterocycles. The average molecular weight is 418 g/mol. The summed E-state index contributed by atoms with van der Waals surface area (Å²) in [6.45, 7) is 8.53. The van der Waals surface area contributed by atoms with E-state index in [-0.39, 0.29) is 12.0 Å². The van der Waals surface area contributed by atoms with E-state index in [0.29, 0.717) is 18.3 Å². The molecule has 2 fully saturated rings. The third kappa shape index (κ3) is 5.04. The summed E-state index contributed by atoms with van der Waals surface area (Å²) in [5, 5.41) is 2.44. The number of esters is 2. The molecule has 1 heterocycles. The summed E-state index contributed by atoms with van der Waals surface area (Å²) in [5.41, 5.74) is -1.92. The Balaban J connectivity index is 2.36. The van der Waals surface area contributed by atoms with Gasteiger partial charge in [-0.25, -0.2) is 13.2 Å². The van der Waals surface area contributed by atoms with E-state index in [9.17, 15) is 22.8 Å². The van der Waals surface area contributed by atoms with Gasteiger partial charge in [0, 0.05) is 13.8 Å². The van der Waals surface area contributed by atoms with E-state index in [0.717, 1.165) is 19.8 Å². The van der Waals surface area contributed by atoms with E-state index in [1.807, 2.05) is 0 Å². The summed E-state index contributed by atoms with van der Waals surface area (Å²) in [5.74, 6) is -2.53. The molecule has 160 valence electrons. The standard InChI is InChI=1S/C19H31NO7S/c1-11(2)15-7-6-12(3)8-16(15)27-18(23)19(20-13(4)21)10-28(24,25)9-17(19)26-14(5)22/h11-12,15-17H,6-10H2,1-5H3,(H,20,21)/t12-,15+,16-,17?,19?/m1/s1. The van der Waals surface area contributed by atoms with E-state index in [2.05, 4.69) is 26.1 Å². The highest BCUT2D eigenvalue weighted by Gasteiger charge is 2.60. The van der Waals surface area contributed by atoms with Gasteiger partial charge in [-0.1, -0.05) is 27.2 Å². The number of rotatable bonds is 5. The molecule has 1 aliphatic carbocycles. The van der Waals surface area contributed by atoms with Gasteiger partial charge in [0.2, 0.25) is 5.91 Å². The lowest BCUT2D eigenvalue weighted by molar-refractivity contribution is -0.172. The van der Waals surface area contributed by atoms with Gasteiger partial charge < -0.3 is 14.8 Å². The maximum atomic E-state index is 13.2. The van der Waals surface area contributed by atoms with Crippen molar-refractivity contribution in [3.63, 3.8) is 0 Å². The molecular weight excluding hydrogens is 386 g/mol. The zero-order valence-corrected chi connectivity index (χ0v) is 18.0. The van der Waals surface area contributed by atoms with Gasteiger partial charge in [-0.3, -0.25) is 9.59 Å². The van der Waals surface area contributed by atoms with Crippen LogP contribution in [0.15, 0.2) is 0 Å². The number of carbonyl (C=O) groups excluding carboxylic acids is 3. The molecule has 0 bridgehead atoms. The van der Waals surface area contributed by atoms with Gasteiger partial charge in [0.15, 0.2) is 21.5 Å². The lowest BCUT2D eigenvalue weighted by atomic mass is 9.75. The monoisotopic (exact) mass is 417 g/mol. The Labute approximate surface area is 166 Å². The Morgan fingerprint density at radius 2 is 1.75 bits per heavy atom. The molecule has 5 atom stereocenters. The molecule has 2 unspecified atom stereocenters.